The van der Waals surface area contributed by atoms with Crippen LogP contribution in [0.2, 0.25) is 0 Å². The molecule has 3 rings (SSSR count). The van der Waals surface area contributed by atoms with Gasteiger partial charge >= 0.3 is 6.03 Å². The van der Waals surface area contributed by atoms with Gasteiger partial charge in [0.1, 0.15) is 0 Å². The van der Waals surface area contributed by atoms with Gasteiger partial charge < -0.3 is 14.8 Å². The number of urea groups is 1. The Labute approximate surface area is 169 Å². The minimum Gasteiger partial charge on any atom is -0.345 e. The van der Waals surface area contributed by atoms with E-state index in [1.165, 1.54) is 36.9 Å². The van der Waals surface area contributed by atoms with Gasteiger partial charge in [0.15, 0.2) is 0 Å². The van der Waals surface area contributed by atoms with Crippen LogP contribution in [-0.4, -0.2) is 28.1 Å². The molecule has 0 bridgehead atoms. The van der Waals surface area contributed by atoms with E-state index in [2.05, 4.69) is 59.4 Å². The molecule has 4 heteroatoms. The third-order valence-corrected chi connectivity index (χ3v) is 5.72. The predicted octanol–water partition coefficient (Wildman–Crippen LogP) is 5.57. The Kier molecular flexibility index (Phi) is 8.01. The molecule has 1 heterocycles. The topological polar surface area (TPSA) is 37.3 Å². The van der Waals surface area contributed by atoms with Gasteiger partial charge in [-0.25, -0.2) is 4.79 Å². The number of unbranched alkanes of at least 4 members (excludes halogenated alkanes) is 2. The summed E-state index contributed by atoms with van der Waals surface area (Å²) >= 11 is 0. The zero-order chi connectivity index (χ0) is 19.6. The summed E-state index contributed by atoms with van der Waals surface area (Å²) in [6, 6.07) is 15.2. The second-order valence-corrected chi connectivity index (χ2v) is 8.03. The minimum atomic E-state index is 0.107. The summed E-state index contributed by atoms with van der Waals surface area (Å²) in [5, 5.41) is 3.31. The van der Waals surface area contributed by atoms with Gasteiger partial charge in [0.2, 0.25) is 0 Å². The van der Waals surface area contributed by atoms with E-state index in [9.17, 15) is 4.79 Å². The molecule has 1 aliphatic rings. The summed E-state index contributed by atoms with van der Waals surface area (Å²) in [5.41, 5.74) is 2.48. The van der Waals surface area contributed by atoms with Gasteiger partial charge in [-0.15, -0.1) is 0 Å². The molecule has 4 nitrogen and oxygen atoms in total. The number of nitrogens with zero attached hydrogens (tertiary/aromatic N) is 2. The average molecular weight is 382 g/mol. The van der Waals surface area contributed by atoms with E-state index in [1.54, 1.807) is 0 Å². The van der Waals surface area contributed by atoms with E-state index in [1.807, 2.05) is 11.0 Å². The van der Waals surface area contributed by atoms with E-state index in [4.69, 9.17) is 0 Å². The fourth-order valence-corrected chi connectivity index (χ4v) is 4.04. The minimum absolute atomic E-state index is 0.107. The zero-order valence-electron chi connectivity index (χ0n) is 17.3. The number of aromatic nitrogens is 1. The van der Waals surface area contributed by atoms with Crippen molar-refractivity contribution in [2.75, 3.05) is 6.54 Å². The Morgan fingerprint density at radius 2 is 1.86 bits per heavy atom. The van der Waals surface area contributed by atoms with Gasteiger partial charge in [0.25, 0.3) is 0 Å². The van der Waals surface area contributed by atoms with Crippen molar-refractivity contribution in [2.45, 2.75) is 77.4 Å². The molecule has 0 spiro atoms. The fraction of sp³-hybridized carbons (Fsp3) is 0.542. The van der Waals surface area contributed by atoms with Gasteiger partial charge in [-0.05, 0) is 37.0 Å². The number of amides is 2. The summed E-state index contributed by atoms with van der Waals surface area (Å²) < 4.78 is 2.26. The van der Waals surface area contributed by atoms with Crippen LogP contribution in [0.3, 0.4) is 0 Å². The van der Waals surface area contributed by atoms with Crippen LogP contribution in [0, 0.1) is 0 Å². The molecule has 0 atom stereocenters. The summed E-state index contributed by atoms with van der Waals surface area (Å²) in [6.45, 7) is 4.54. The van der Waals surface area contributed by atoms with Gasteiger partial charge in [0, 0.05) is 31.0 Å². The molecule has 1 fully saturated rings. The lowest BCUT2D eigenvalue weighted by Gasteiger charge is -2.29. The maximum Gasteiger partial charge on any atom is 0.317 e. The Morgan fingerprint density at radius 3 is 2.61 bits per heavy atom. The lowest BCUT2D eigenvalue weighted by molar-refractivity contribution is 0.185. The molecule has 0 saturated heterocycles. The number of hydrogen-bond donors (Lipinski definition) is 1. The molecule has 0 unspecified atom stereocenters. The van der Waals surface area contributed by atoms with Crippen molar-refractivity contribution < 1.29 is 4.79 Å². The van der Waals surface area contributed by atoms with E-state index in [0.29, 0.717) is 12.6 Å². The van der Waals surface area contributed by atoms with Crippen LogP contribution in [0.15, 0.2) is 48.7 Å². The average Bonchev–Trinajstić information content (AvgIpc) is 3.15. The summed E-state index contributed by atoms with van der Waals surface area (Å²) in [4.78, 5) is 15.0. The fourth-order valence-electron chi connectivity index (χ4n) is 4.04. The standard InChI is InChI=1S/C24H35N3O/c1-2-3-10-17-27(24(28)25-22-14-8-5-9-15-22)20-23-16-11-18-26(23)19-21-12-6-4-7-13-21/h4,6-7,11-13,16,18,22H,2-3,5,8-10,14-15,17,19-20H2,1H3,(H,25,28). The van der Waals surface area contributed by atoms with Gasteiger partial charge in [-0.1, -0.05) is 69.4 Å². The van der Waals surface area contributed by atoms with E-state index in [-0.39, 0.29) is 6.03 Å². The molecule has 2 amide bonds. The van der Waals surface area contributed by atoms with Crippen molar-refractivity contribution in [2.24, 2.45) is 0 Å². The van der Waals surface area contributed by atoms with Crippen LogP contribution >= 0.6 is 0 Å². The first-order valence-electron chi connectivity index (χ1n) is 11.0. The predicted molar refractivity (Wildman–Crippen MR) is 115 cm³/mol. The van der Waals surface area contributed by atoms with Crippen molar-refractivity contribution in [1.82, 2.24) is 14.8 Å². The zero-order valence-corrected chi connectivity index (χ0v) is 17.3. The van der Waals surface area contributed by atoms with Crippen LogP contribution in [-0.2, 0) is 13.1 Å². The number of hydrogen-bond acceptors (Lipinski definition) is 1. The molecular weight excluding hydrogens is 346 g/mol. The molecule has 0 aliphatic heterocycles. The van der Waals surface area contributed by atoms with Crippen molar-refractivity contribution in [3.63, 3.8) is 0 Å². The quantitative estimate of drug-likeness (QED) is 0.566. The van der Waals surface area contributed by atoms with Crippen LogP contribution in [0.4, 0.5) is 4.79 Å². The van der Waals surface area contributed by atoms with Crippen LogP contribution in [0.25, 0.3) is 0 Å². The second-order valence-electron chi connectivity index (χ2n) is 8.03. The van der Waals surface area contributed by atoms with Crippen LogP contribution in [0.5, 0.6) is 0 Å². The largest absolute Gasteiger partial charge is 0.345 e. The van der Waals surface area contributed by atoms with Crippen molar-refractivity contribution in [3.8, 4) is 0 Å². The van der Waals surface area contributed by atoms with E-state index >= 15 is 0 Å². The number of carbonyl (C=O) groups excluding carboxylic acids is 1. The molecule has 152 valence electrons. The summed E-state index contributed by atoms with van der Waals surface area (Å²) in [6.07, 6.45) is 11.5. The van der Waals surface area contributed by atoms with Crippen molar-refractivity contribution in [1.29, 1.82) is 0 Å². The first kappa shape index (κ1) is 20.5. The molecule has 1 aromatic carbocycles. The van der Waals surface area contributed by atoms with Gasteiger partial charge in [0.05, 0.1) is 6.54 Å². The van der Waals surface area contributed by atoms with Crippen LogP contribution < -0.4 is 5.32 Å². The molecule has 28 heavy (non-hydrogen) atoms. The first-order valence-corrected chi connectivity index (χ1v) is 11.0. The maximum absolute atomic E-state index is 13.0. The second kappa shape index (κ2) is 10.9. The third kappa shape index (κ3) is 6.15. The monoisotopic (exact) mass is 381 g/mol. The molecular formula is C24H35N3O. The highest BCUT2D eigenvalue weighted by Crippen LogP contribution is 2.18. The molecule has 1 saturated carbocycles. The number of carbonyl (C=O) groups is 1. The Hall–Kier alpha value is -2.23. The molecule has 1 N–H and O–H groups in total. The lowest BCUT2D eigenvalue weighted by Crippen LogP contribution is -2.45. The Balaban J connectivity index is 1.65. The SMILES string of the molecule is CCCCCN(Cc1cccn1Cc1ccccc1)C(=O)NC1CCCCC1. The highest BCUT2D eigenvalue weighted by Gasteiger charge is 2.20. The Morgan fingerprint density at radius 1 is 1.07 bits per heavy atom. The van der Waals surface area contributed by atoms with E-state index < -0.39 is 0 Å². The smallest absolute Gasteiger partial charge is 0.317 e. The Bertz CT molecular complexity index is 704. The highest BCUT2D eigenvalue weighted by atomic mass is 16.2. The van der Waals surface area contributed by atoms with Crippen molar-refractivity contribution in [3.05, 3.63) is 59.9 Å². The maximum atomic E-state index is 13.0. The van der Waals surface area contributed by atoms with E-state index in [0.717, 1.165) is 38.8 Å². The highest BCUT2D eigenvalue weighted by molar-refractivity contribution is 5.74. The summed E-state index contributed by atoms with van der Waals surface area (Å²) in [5.74, 6) is 0. The number of rotatable bonds is 9. The van der Waals surface area contributed by atoms with Crippen LogP contribution in [0.1, 0.15) is 69.5 Å². The first-order chi connectivity index (χ1) is 13.8. The normalized spacial score (nSPS) is 14.8. The molecule has 1 aliphatic carbocycles. The third-order valence-electron chi connectivity index (χ3n) is 5.72. The van der Waals surface area contributed by atoms with Crippen molar-refractivity contribution >= 4 is 6.03 Å². The number of nitrogens with one attached hydrogen (secondary N) is 1. The van der Waals surface area contributed by atoms with Gasteiger partial charge in [-0.3, -0.25) is 0 Å². The summed E-state index contributed by atoms with van der Waals surface area (Å²) in [7, 11) is 0. The molecule has 2 aromatic rings. The molecule has 1 aromatic heterocycles. The lowest BCUT2D eigenvalue weighted by atomic mass is 9.96. The number of benzene rings is 1. The molecule has 0 radical (unpaired) electrons. The van der Waals surface area contributed by atoms with Gasteiger partial charge in [-0.2, -0.15) is 0 Å².